The SMILES string of the molecule is CCCCCCCCCCCCCCCOP(Oc1ccc(CCCCCCCCC)cc1)Oc1ccc(C(C)(C)c2ccc(OP(OCCCCCCCCCCCCCCC)Oc3ccc(CCCCCCCCC)cc3)cc2)cc1. The molecule has 0 aliphatic carbocycles. The Kier molecular flexibility index (Phi) is 42.6. The molecule has 0 amide bonds. The number of hydrogen-bond donors (Lipinski definition) is 0. The molecule has 468 valence electrons. The number of unbranched alkanes of at least 4 members (excludes halogenated alkanes) is 36. The molecule has 0 saturated carbocycles. The van der Waals surface area contributed by atoms with Gasteiger partial charge in [0.05, 0.1) is 13.2 Å². The molecule has 83 heavy (non-hydrogen) atoms. The van der Waals surface area contributed by atoms with E-state index in [-0.39, 0.29) is 5.41 Å². The van der Waals surface area contributed by atoms with Gasteiger partial charge in [-0.1, -0.05) is 321 Å². The molecule has 0 heterocycles. The molecule has 0 aromatic heterocycles. The summed E-state index contributed by atoms with van der Waals surface area (Å²) in [5, 5.41) is 0. The van der Waals surface area contributed by atoms with Crippen molar-refractivity contribution in [3.05, 3.63) is 119 Å². The third-order valence-electron chi connectivity index (χ3n) is 16.7. The molecule has 0 aliphatic heterocycles. The van der Waals surface area contributed by atoms with Crippen LogP contribution in [0.3, 0.4) is 0 Å². The van der Waals surface area contributed by atoms with E-state index in [0.717, 1.165) is 48.7 Å². The first-order valence-corrected chi connectivity index (χ1v) is 37.0. The average Bonchev–Trinajstić information content (AvgIpc) is 3.50. The maximum atomic E-state index is 6.55. The van der Waals surface area contributed by atoms with Gasteiger partial charge >= 0.3 is 17.2 Å². The van der Waals surface area contributed by atoms with Gasteiger partial charge in [-0.2, -0.15) is 0 Å². The summed E-state index contributed by atoms with van der Waals surface area (Å²) in [4.78, 5) is 0. The fourth-order valence-corrected chi connectivity index (χ4v) is 13.1. The molecule has 4 aromatic carbocycles. The molecule has 6 nitrogen and oxygen atoms in total. The lowest BCUT2D eigenvalue weighted by Crippen LogP contribution is -2.18. The van der Waals surface area contributed by atoms with Gasteiger partial charge in [0.1, 0.15) is 23.0 Å². The molecule has 4 aromatic rings. The molecule has 0 N–H and O–H groups in total. The van der Waals surface area contributed by atoms with Crippen LogP contribution in [0, 0.1) is 0 Å². The second kappa shape index (κ2) is 48.9. The predicted molar refractivity (Wildman–Crippen MR) is 361 cm³/mol. The van der Waals surface area contributed by atoms with Crippen LogP contribution in [0.2, 0.25) is 0 Å². The zero-order chi connectivity index (χ0) is 58.9. The van der Waals surface area contributed by atoms with Crippen LogP contribution in [0.4, 0.5) is 0 Å². The summed E-state index contributed by atoms with van der Waals surface area (Å²) in [7, 11) is -3.29. The van der Waals surface area contributed by atoms with Crippen LogP contribution in [0.1, 0.15) is 321 Å². The second-order valence-corrected chi connectivity index (χ2v) is 26.8. The first kappa shape index (κ1) is 72.3. The van der Waals surface area contributed by atoms with E-state index >= 15 is 0 Å². The van der Waals surface area contributed by atoms with Gasteiger partial charge in [0.2, 0.25) is 0 Å². The highest BCUT2D eigenvalue weighted by Gasteiger charge is 2.25. The monoisotopic (exact) mass is 1180 g/mol. The van der Waals surface area contributed by atoms with Crippen molar-refractivity contribution in [2.45, 2.75) is 317 Å². The lowest BCUT2D eigenvalue weighted by Gasteiger charge is -2.27. The Morgan fingerprint density at radius 1 is 0.253 bits per heavy atom. The van der Waals surface area contributed by atoms with Gasteiger partial charge < -0.3 is 18.1 Å². The first-order valence-electron chi connectivity index (χ1n) is 34.8. The summed E-state index contributed by atoms with van der Waals surface area (Å²) in [6.07, 6.45) is 55.1. The van der Waals surface area contributed by atoms with E-state index in [1.165, 1.54) is 266 Å². The minimum absolute atomic E-state index is 0.275. The Balaban J connectivity index is 1.31. The summed E-state index contributed by atoms with van der Waals surface area (Å²) in [5.74, 6) is 3.07. The third kappa shape index (κ3) is 35.3. The minimum atomic E-state index is -1.65. The smallest absolute Gasteiger partial charge is 0.418 e. The topological polar surface area (TPSA) is 55.4 Å². The van der Waals surface area contributed by atoms with E-state index in [1.54, 1.807) is 0 Å². The van der Waals surface area contributed by atoms with E-state index in [0.29, 0.717) is 13.2 Å². The van der Waals surface area contributed by atoms with Gasteiger partial charge in [0, 0.05) is 5.41 Å². The van der Waals surface area contributed by atoms with E-state index in [1.807, 2.05) is 0 Å². The highest BCUT2D eigenvalue weighted by Crippen LogP contribution is 2.45. The van der Waals surface area contributed by atoms with Gasteiger partial charge in [-0.25, -0.2) is 0 Å². The lowest BCUT2D eigenvalue weighted by molar-refractivity contribution is 0.257. The van der Waals surface area contributed by atoms with Crippen molar-refractivity contribution in [3.8, 4) is 23.0 Å². The fraction of sp³-hybridized carbons (Fsp3) is 0.680. The molecule has 0 saturated heterocycles. The van der Waals surface area contributed by atoms with Gasteiger partial charge in [0.25, 0.3) is 0 Å². The van der Waals surface area contributed by atoms with E-state index in [4.69, 9.17) is 27.1 Å². The van der Waals surface area contributed by atoms with Crippen molar-refractivity contribution in [2.75, 3.05) is 13.2 Å². The fourth-order valence-electron chi connectivity index (χ4n) is 11.0. The number of rotatable bonds is 56. The van der Waals surface area contributed by atoms with Gasteiger partial charge in [-0.15, -0.1) is 0 Å². The van der Waals surface area contributed by atoms with E-state index < -0.39 is 17.2 Å². The molecule has 8 heteroatoms. The van der Waals surface area contributed by atoms with Crippen molar-refractivity contribution in [2.24, 2.45) is 0 Å². The molecule has 0 fully saturated rings. The van der Waals surface area contributed by atoms with Crippen LogP contribution in [-0.4, -0.2) is 13.2 Å². The molecular weight excluding hydrogens is 1060 g/mol. The Labute approximate surface area is 513 Å². The quantitative estimate of drug-likeness (QED) is 0.0324. The largest absolute Gasteiger partial charge is 0.463 e. The Bertz CT molecular complexity index is 1910. The zero-order valence-corrected chi connectivity index (χ0v) is 56.0. The van der Waals surface area contributed by atoms with Gasteiger partial charge in [-0.05, 0) is 109 Å². The summed E-state index contributed by atoms with van der Waals surface area (Å²) in [6.45, 7) is 14.9. The van der Waals surface area contributed by atoms with Crippen molar-refractivity contribution in [3.63, 3.8) is 0 Å². The maximum absolute atomic E-state index is 6.55. The molecule has 0 radical (unpaired) electrons. The standard InChI is InChI=1S/C75H122O6P2/c1-7-11-15-19-23-25-27-29-31-33-37-41-45-65-76-82(78-71-57-49-67(50-58-71)47-43-39-35-21-17-13-9-3)80-73-61-53-69(54-62-73)75(5,6)70-55-63-74(64-56-70)81-83(77-66-46-42-38-34-32-30-28-26-24-20-16-12-8-2)79-72-59-51-68(52-60-72)48-44-40-36-22-18-14-10-4/h49-64H,7-48,65-66H2,1-6H3. The van der Waals surface area contributed by atoms with Crippen LogP contribution < -0.4 is 18.1 Å². The number of hydrogen-bond acceptors (Lipinski definition) is 6. The molecule has 2 atom stereocenters. The average molecular weight is 1180 g/mol. The van der Waals surface area contributed by atoms with Crippen molar-refractivity contribution >= 4 is 17.2 Å². The van der Waals surface area contributed by atoms with Crippen molar-refractivity contribution < 1.29 is 27.1 Å². The molecule has 4 rings (SSSR count). The predicted octanol–water partition coefficient (Wildman–Crippen LogP) is 26.2. The number of aryl methyl sites for hydroxylation is 2. The summed E-state index contributed by atoms with van der Waals surface area (Å²) < 4.78 is 39.0. The zero-order valence-electron chi connectivity index (χ0n) is 54.2. The lowest BCUT2D eigenvalue weighted by atomic mass is 9.78. The van der Waals surface area contributed by atoms with Crippen LogP contribution in [0.5, 0.6) is 23.0 Å². The summed E-state index contributed by atoms with van der Waals surface area (Å²) in [5.41, 5.74) is 4.82. The maximum Gasteiger partial charge on any atom is 0.463 e. The van der Waals surface area contributed by atoms with Crippen LogP contribution in [-0.2, 0) is 27.3 Å². The minimum Gasteiger partial charge on any atom is -0.418 e. The van der Waals surface area contributed by atoms with Crippen LogP contribution >= 0.6 is 17.2 Å². The van der Waals surface area contributed by atoms with E-state index in [2.05, 4.69) is 139 Å². The first-order chi connectivity index (χ1) is 40.8. The van der Waals surface area contributed by atoms with Gasteiger partial charge in [-0.3, -0.25) is 9.05 Å². The normalized spacial score (nSPS) is 12.4. The second-order valence-electron chi connectivity index (χ2n) is 24.7. The molecular formula is C75H122O6P2. The third-order valence-corrected chi connectivity index (χ3v) is 19.0. The Hall–Kier alpha value is -3.14. The molecule has 0 spiro atoms. The molecule has 0 bridgehead atoms. The van der Waals surface area contributed by atoms with E-state index in [9.17, 15) is 0 Å². The van der Waals surface area contributed by atoms with Gasteiger partial charge in [0.15, 0.2) is 0 Å². The number of benzene rings is 4. The summed E-state index contributed by atoms with van der Waals surface area (Å²) >= 11 is 0. The molecule has 0 aliphatic rings. The van der Waals surface area contributed by atoms with Crippen LogP contribution in [0.25, 0.3) is 0 Å². The molecule has 2 unspecified atom stereocenters. The Morgan fingerprint density at radius 3 is 0.699 bits per heavy atom. The van der Waals surface area contributed by atoms with Crippen molar-refractivity contribution in [1.29, 1.82) is 0 Å². The van der Waals surface area contributed by atoms with Crippen molar-refractivity contribution in [1.82, 2.24) is 0 Å². The summed E-state index contributed by atoms with van der Waals surface area (Å²) in [6, 6.07) is 34.2. The Morgan fingerprint density at radius 2 is 0.458 bits per heavy atom. The van der Waals surface area contributed by atoms with Crippen LogP contribution in [0.15, 0.2) is 97.1 Å². The highest BCUT2D eigenvalue weighted by atomic mass is 31.2. The highest BCUT2D eigenvalue weighted by molar-refractivity contribution is 7.42.